The second-order valence-corrected chi connectivity index (χ2v) is 4.05. The second-order valence-electron chi connectivity index (χ2n) is 4.05. The lowest BCUT2D eigenvalue weighted by atomic mass is 10.1. The maximum absolute atomic E-state index is 11.4. The van der Waals surface area contributed by atoms with Crippen molar-refractivity contribution in [2.45, 2.75) is 26.2 Å². The van der Waals surface area contributed by atoms with Gasteiger partial charge in [0.25, 0.3) is 0 Å². The minimum absolute atomic E-state index is 0.176. The molecule has 0 heterocycles. The molecule has 0 atom stereocenters. The molecule has 0 saturated carbocycles. The second kappa shape index (κ2) is 7.85. The average molecular weight is 236 g/mol. The Morgan fingerprint density at radius 1 is 1.24 bits per heavy atom. The van der Waals surface area contributed by atoms with Crippen LogP contribution < -0.4 is 10.1 Å². The van der Waals surface area contributed by atoms with Gasteiger partial charge in [0.2, 0.25) is 0 Å². The Bertz CT molecular complexity index is 333. The van der Waals surface area contributed by atoms with Crippen molar-refractivity contribution in [3.05, 3.63) is 29.8 Å². The summed E-state index contributed by atoms with van der Waals surface area (Å²) in [6.45, 7) is 3.76. The van der Waals surface area contributed by atoms with E-state index in [4.69, 9.17) is 4.74 Å². The fourth-order valence-corrected chi connectivity index (χ4v) is 1.58. The van der Waals surface area contributed by atoms with E-state index in [1.165, 1.54) is 6.42 Å². The molecule has 17 heavy (non-hydrogen) atoms. The lowest BCUT2D eigenvalue weighted by Gasteiger charge is -2.06. The van der Waals surface area contributed by atoms with Gasteiger partial charge in [-0.1, -0.05) is 6.92 Å². The van der Waals surface area contributed by atoms with Crippen LogP contribution in [0.25, 0.3) is 0 Å². The Labute approximate surface area is 103 Å². The van der Waals surface area contributed by atoms with Crippen LogP contribution in [0.4, 0.5) is 0 Å². The fourth-order valence-electron chi connectivity index (χ4n) is 1.58. The van der Waals surface area contributed by atoms with Crippen molar-refractivity contribution in [1.29, 1.82) is 0 Å². The van der Waals surface area contributed by atoms with E-state index in [1.54, 1.807) is 0 Å². The predicted octanol–water partition coefficient (Wildman–Crippen LogP) is 1.63. The number of nitrogens with two attached hydrogens (primary N) is 1. The van der Waals surface area contributed by atoms with Crippen LogP contribution >= 0.6 is 0 Å². The first-order valence-corrected chi connectivity index (χ1v) is 6.31. The Hall–Kier alpha value is -1.35. The Morgan fingerprint density at radius 2 is 1.94 bits per heavy atom. The van der Waals surface area contributed by atoms with E-state index in [-0.39, 0.29) is 5.78 Å². The van der Waals surface area contributed by atoms with E-state index in [2.05, 4.69) is 12.4 Å². The van der Waals surface area contributed by atoms with Crippen molar-refractivity contribution in [1.82, 2.24) is 0 Å². The lowest BCUT2D eigenvalue weighted by molar-refractivity contribution is -0.627. The largest absolute Gasteiger partial charge is 0.494 e. The van der Waals surface area contributed by atoms with Gasteiger partial charge in [-0.15, -0.1) is 0 Å². The van der Waals surface area contributed by atoms with E-state index >= 15 is 0 Å². The molecule has 0 aliphatic rings. The van der Waals surface area contributed by atoms with Crippen LogP contribution in [0.3, 0.4) is 0 Å². The summed E-state index contributed by atoms with van der Waals surface area (Å²) < 4.78 is 5.60. The van der Waals surface area contributed by atoms with Gasteiger partial charge in [-0.3, -0.25) is 4.79 Å². The number of ketones is 1. The summed E-state index contributed by atoms with van der Waals surface area (Å²) in [4.78, 5) is 11.4. The number of carbonyl (C=O) groups is 1. The standard InChI is InChI=1S/C14H21NO2/c1-3-14(16)12-6-8-13(9-7-12)17-11-5-4-10-15-2/h6-9,15H,3-5,10-11H2,1-2H3/p+1. The highest BCUT2D eigenvalue weighted by atomic mass is 16.5. The van der Waals surface area contributed by atoms with Crippen molar-refractivity contribution in [2.75, 3.05) is 20.2 Å². The van der Waals surface area contributed by atoms with Crippen LogP contribution in [0.5, 0.6) is 5.75 Å². The first-order valence-electron chi connectivity index (χ1n) is 6.31. The van der Waals surface area contributed by atoms with Crippen molar-refractivity contribution in [2.24, 2.45) is 0 Å². The topological polar surface area (TPSA) is 42.9 Å². The molecular weight excluding hydrogens is 214 g/mol. The summed E-state index contributed by atoms with van der Waals surface area (Å²) in [7, 11) is 2.07. The fraction of sp³-hybridized carbons (Fsp3) is 0.500. The van der Waals surface area contributed by atoms with E-state index < -0.39 is 0 Å². The molecule has 0 radical (unpaired) electrons. The van der Waals surface area contributed by atoms with E-state index in [1.807, 2.05) is 31.2 Å². The molecule has 1 aromatic rings. The Morgan fingerprint density at radius 3 is 2.53 bits per heavy atom. The molecule has 0 fully saturated rings. The van der Waals surface area contributed by atoms with Gasteiger partial charge in [0.05, 0.1) is 20.2 Å². The molecule has 0 spiro atoms. The number of ether oxygens (including phenoxy) is 1. The number of benzene rings is 1. The van der Waals surface area contributed by atoms with Gasteiger partial charge in [0.1, 0.15) is 5.75 Å². The van der Waals surface area contributed by atoms with Gasteiger partial charge in [0.15, 0.2) is 5.78 Å². The van der Waals surface area contributed by atoms with Crippen LogP contribution in [0, 0.1) is 0 Å². The molecule has 0 unspecified atom stereocenters. The molecule has 0 amide bonds. The number of carbonyl (C=O) groups excluding carboxylic acids is 1. The first-order chi connectivity index (χ1) is 8.27. The number of quaternary nitrogens is 1. The maximum atomic E-state index is 11.4. The molecule has 2 N–H and O–H groups in total. The lowest BCUT2D eigenvalue weighted by Crippen LogP contribution is -2.79. The maximum Gasteiger partial charge on any atom is 0.162 e. The number of hydrogen-bond donors (Lipinski definition) is 1. The van der Waals surface area contributed by atoms with Crippen LogP contribution in [-0.2, 0) is 0 Å². The summed E-state index contributed by atoms with van der Waals surface area (Å²) in [5.74, 6) is 1.02. The SMILES string of the molecule is CCC(=O)c1ccc(OCCCC[NH2+]C)cc1. The highest BCUT2D eigenvalue weighted by Crippen LogP contribution is 2.13. The summed E-state index contributed by atoms with van der Waals surface area (Å²) in [5.41, 5.74) is 0.764. The van der Waals surface area contributed by atoms with Crippen LogP contribution in [-0.4, -0.2) is 26.0 Å². The first kappa shape index (κ1) is 13.7. The van der Waals surface area contributed by atoms with Gasteiger partial charge >= 0.3 is 0 Å². The zero-order chi connectivity index (χ0) is 12.5. The molecule has 0 bridgehead atoms. The summed E-state index contributed by atoms with van der Waals surface area (Å²) in [6.07, 6.45) is 2.79. The molecule has 0 aromatic heterocycles. The number of Topliss-reactive ketones (excluding diaryl/α,β-unsaturated/α-hetero) is 1. The van der Waals surface area contributed by atoms with Gasteiger partial charge in [-0.25, -0.2) is 0 Å². The highest BCUT2D eigenvalue weighted by Gasteiger charge is 2.02. The molecule has 94 valence electrons. The summed E-state index contributed by atoms with van der Waals surface area (Å²) in [5, 5.41) is 2.17. The van der Waals surface area contributed by atoms with Crippen molar-refractivity contribution in [3.8, 4) is 5.75 Å². The highest BCUT2D eigenvalue weighted by molar-refractivity contribution is 5.95. The van der Waals surface area contributed by atoms with Gasteiger partial charge in [-0.05, 0) is 37.1 Å². The third-order valence-electron chi connectivity index (χ3n) is 2.65. The Balaban J connectivity index is 2.33. The molecule has 1 rings (SSSR count). The van der Waals surface area contributed by atoms with E-state index in [9.17, 15) is 4.79 Å². The molecule has 0 aliphatic carbocycles. The van der Waals surface area contributed by atoms with E-state index in [0.717, 1.165) is 30.9 Å². The summed E-state index contributed by atoms with van der Waals surface area (Å²) >= 11 is 0. The molecular formula is C14H22NO2+. The molecule has 3 nitrogen and oxygen atoms in total. The third kappa shape index (κ3) is 5.00. The third-order valence-corrected chi connectivity index (χ3v) is 2.65. The van der Waals surface area contributed by atoms with Crippen molar-refractivity contribution >= 4 is 5.78 Å². The predicted molar refractivity (Wildman–Crippen MR) is 68.5 cm³/mol. The zero-order valence-electron chi connectivity index (χ0n) is 10.7. The van der Waals surface area contributed by atoms with Gasteiger partial charge in [-0.2, -0.15) is 0 Å². The minimum Gasteiger partial charge on any atom is -0.494 e. The number of unbranched alkanes of at least 4 members (excludes halogenated alkanes) is 1. The zero-order valence-corrected chi connectivity index (χ0v) is 10.7. The smallest absolute Gasteiger partial charge is 0.162 e. The minimum atomic E-state index is 0.176. The molecule has 0 saturated heterocycles. The number of hydrogen-bond acceptors (Lipinski definition) is 2. The van der Waals surface area contributed by atoms with Gasteiger partial charge in [0, 0.05) is 12.0 Å². The average Bonchev–Trinajstić information content (AvgIpc) is 2.38. The monoisotopic (exact) mass is 236 g/mol. The van der Waals surface area contributed by atoms with Crippen molar-refractivity contribution in [3.63, 3.8) is 0 Å². The van der Waals surface area contributed by atoms with Crippen molar-refractivity contribution < 1.29 is 14.8 Å². The van der Waals surface area contributed by atoms with Crippen LogP contribution in [0.15, 0.2) is 24.3 Å². The Kier molecular flexibility index (Phi) is 6.33. The molecule has 3 heteroatoms. The quantitative estimate of drug-likeness (QED) is 0.550. The molecule has 1 aromatic carbocycles. The molecule has 0 aliphatic heterocycles. The normalized spacial score (nSPS) is 10.2. The van der Waals surface area contributed by atoms with Crippen LogP contribution in [0.2, 0.25) is 0 Å². The van der Waals surface area contributed by atoms with Gasteiger partial charge < -0.3 is 10.1 Å². The van der Waals surface area contributed by atoms with E-state index in [0.29, 0.717) is 6.42 Å². The summed E-state index contributed by atoms with van der Waals surface area (Å²) in [6, 6.07) is 7.41. The number of rotatable bonds is 8. The van der Waals surface area contributed by atoms with Crippen LogP contribution in [0.1, 0.15) is 36.5 Å².